The maximum absolute atomic E-state index is 12.6. The third-order valence-electron chi connectivity index (χ3n) is 2.81. The zero-order valence-electron chi connectivity index (χ0n) is 12.1. The molecule has 0 atom stereocenters. The second-order valence-corrected chi connectivity index (χ2v) is 5.30. The van der Waals surface area contributed by atoms with Crippen molar-refractivity contribution in [2.45, 2.75) is 33.0 Å². The fraction of sp³-hybridized carbons (Fsp3) is 0.500. The standard InChI is InChI=1S/C14H18ClF3N2O/c1-4-19-12-6-5-10(15)7-11(12)13(21)20(9(2)3)8-14(16,17)18/h5-7,9,19H,4,8H2,1-3H3. The molecular weight excluding hydrogens is 305 g/mol. The second-order valence-electron chi connectivity index (χ2n) is 4.86. The largest absolute Gasteiger partial charge is 0.406 e. The maximum atomic E-state index is 12.6. The van der Waals surface area contributed by atoms with E-state index in [4.69, 9.17) is 11.6 Å². The molecule has 0 aliphatic heterocycles. The van der Waals surface area contributed by atoms with E-state index in [0.717, 1.165) is 4.90 Å². The quantitative estimate of drug-likeness (QED) is 0.881. The molecule has 1 aromatic rings. The summed E-state index contributed by atoms with van der Waals surface area (Å²) < 4.78 is 37.9. The highest BCUT2D eigenvalue weighted by molar-refractivity contribution is 6.31. The van der Waals surface area contributed by atoms with Crippen LogP contribution in [0.4, 0.5) is 18.9 Å². The molecule has 1 rings (SSSR count). The molecule has 0 bridgehead atoms. The molecule has 0 unspecified atom stereocenters. The number of nitrogens with one attached hydrogen (secondary N) is 1. The molecule has 0 aromatic heterocycles. The zero-order chi connectivity index (χ0) is 16.2. The maximum Gasteiger partial charge on any atom is 0.406 e. The number of hydrogen-bond acceptors (Lipinski definition) is 2. The first kappa shape index (κ1) is 17.6. The Hall–Kier alpha value is -1.43. The van der Waals surface area contributed by atoms with E-state index in [-0.39, 0.29) is 5.56 Å². The van der Waals surface area contributed by atoms with Crippen LogP contribution in [-0.2, 0) is 0 Å². The molecule has 0 saturated carbocycles. The van der Waals surface area contributed by atoms with Gasteiger partial charge in [0.2, 0.25) is 0 Å². The van der Waals surface area contributed by atoms with Crippen molar-refractivity contribution in [3.05, 3.63) is 28.8 Å². The molecule has 0 aliphatic rings. The number of anilines is 1. The van der Waals surface area contributed by atoms with E-state index in [0.29, 0.717) is 17.3 Å². The molecule has 0 radical (unpaired) electrons. The van der Waals surface area contributed by atoms with E-state index in [1.54, 1.807) is 26.0 Å². The number of amides is 1. The van der Waals surface area contributed by atoms with Gasteiger partial charge in [-0.2, -0.15) is 13.2 Å². The molecule has 1 N–H and O–H groups in total. The van der Waals surface area contributed by atoms with Gasteiger partial charge in [0.05, 0.1) is 5.56 Å². The van der Waals surface area contributed by atoms with Gasteiger partial charge in [-0.25, -0.2) is 0 Å². The summed E-state index contributed by atoms with van der Waals surface area (Å²) in [7, 11) is 0. The molecule has 7 heteroatoms. The Balaban J connectivity index is 3.17. The van der Waals surface area contributed by atoms with Crippen LogP contribution in [0.2, 0.25) is 5.02 Å². The molecule has 3 nitrogen and oxygen atoms in total. The van der Waals surface area contributed by atoms with Crippen molar-refractivity contribution >= 4 is 23.2 Å². The fourth-order valence-corrected chi connectivity index (χ4v) is 2.05. The SMILES string of the molecule is CCNc1ccc(Cl)cc1C(=O)N(CC(F)(F)F)C(C)C. The van der Waals surface area contributed by atoms with Crippen molar-refractivity contribution < 1.29 is 18.0 Å². The third kappa shape index (κ3) is 5.12. The minimum absolute atomic E-state index is 0.141. The van der Waals surface area contributed by atoms with Gasteiger partial charge in [-0.05, 0) is 39.0 Å². The van der Waals surface area contributed by atoms with E-state index in [1.165, 1.54) is 6.07 Å². The van der Waals surface area contributed by atoms with Crippen molar-refractivity contribution in [1.29, 1.82) is 0 Å². The molecule has 0 saturated heterocycles. The molecule has 118 valence electrons. The summed E-state index contributed by atoms with van der Waals surface area (Å²) in [6.07, 6.45) is -4.45. The van der Waals surface area contributed by atoms with Crippen molar-refractivity contribution in [3.8, 4) is 0 Å². The lowest BCUT2D eigenvalue weighted by Gasteiger charge is -2.28. The average molecular weight is 323 g/mol. The number of rotatable bonds is 5. The Labute approximate surface area is 127 Å². The Morgan fingerprint density at radius 2 is 2.00 bits per heavy atom. The van der Waals surface area contributed by atoms with Gasteiger partial charge in [-0.3, -0.25) is 4.79 Å². The lowest BCUT2D eigenvalue weighted by Crippen LogP contribution is -2.43. The summed E-state index contributed by atoms with van der Waals surface area (Å²) >= 11 is 5.86. The summed E-state index contributed by atoms with van der Waals surface area (Å²) in [4.78, 5) is 13.2. The number of carbonyl (C=O) groups is 1. The molecule has 1 aromatic carbocycles. The van der Waals surface area contributed by atoms with Gasteiger partial charge in [0.15, 0.2) is 0 Å². The van der Waals surface area contributed by atoms with E-state index in [9.17, 15) is 18.0 Å². The molecule has 1 amide bonds. The van der Waals surface area contributed by atoms with Gasteiger partial charge in [0.25, 0.3) is 5.91 Å². The lowest BCUT2D eigenvalue weighted by atomic mass is 10.1. The van der Waals surface area contributed by atoms with Crippen LogP contribution >= 0.6 is 11.6 Å². The van der Waals surface area contributed by atoms with E-state index in [1.807, 2.05) is 6.92 Å². The molecule has 0 fully saturated rings. The number of hydrogen-bond donors (Lipinski definition) is 1. The Morgan fingerprint density at radius 3 is 2.48 bits per heavy atom. The fourth-order valence-electron chi connectivity index (χ4n) is 1.87. The van der Waals surface area contributed by atoms with Gasteiger partial charge in [0.1, 0.15) is 6.54 Å². The predicted octanol–water partition coefficient (Wildman–Crippen LogP) is 4.18. The summed E-state index contributed by atoms with van der Waals surface area (Å²) in [5.41, 5.74) is 0.613. The van der Waals surface area contributed by atoms with Crippen LogP contribution in [0.5, 0.6) is 0 Å². The summed E-state index contributed by atoms with van der Waals surface area (Å²) in [5.74, 6) is -0.694. The van der Waals surface area contributed by atoms with E-state index in [2.05, 4.69) is 5.32 Å². The van der Waals surface area contributed by atoms with Crippen LogP contribution in [0.1, 0.15) is 31.1 Å². The zero-order valence-corrected chi connectivity index (χ0v) is 12.8. The van der Waals surface area contributed by atoms with Crippen LogP contribution in [0.25, 0.3) is 0 Å². The first-order valence-corrected chi connectivity index (χ1v) is 6.94. The van der Waals surface area contributed by atoms with E-state index < -0.39 is 24.7 Å². The smallest absolute Gasteiger partial charge is 0.385 e. The van der Waals surface area contributed by atoms with Crippen LogP contribution in [0.15, 0.2) is 18.2 Å². The number of halogens is 4. The normalized spacial score (nSPS) is 11.6. The predicted molar refractivity (Wildman–Crippen MR) is 77.8 cm³/mol. The Kier molecular flexibility index (Phi) is 5.89. The monoisotopic (exact) mass is 322 g/mol. The molecule has 0 aliphatic carbocycles. The Morgan fingerprint density at radius 1 is 1.38 bits per heavy atom. The molecule has 0 heterocycles. The summed E-state index contributed by atoms with van der Waals surface area (Å²) in [6, 6.07) is 3.98. The highest BCUT2D eigenvalue weighted by Gasteiger charge is 2.35. The van der Waals surface area contributed by atoms with Crippen LogP contribution in [0.3, 0.4) is 0 Å². The number of nitrogens with zero attached hydrogens (tertiary/aromatic N) is 1. The molecule has 21 heavy (non-hydrogen) atoms. The average Bonchev–Trinajstić information content (AvgIpc) is 2.36. The third-order valence-corrected chi connectivity index (χ3v) is 3.05. The van der Waals surface area contributed by atoms with E-state index >= 15 is 0 Å². The second kappa shape index (κ2) is 7.02. The van der Waals surface area contributed by atoms with Crippen molar-refractivity contribution in [2.24, 2.45) is 0 Å². The molecular formula is C14H18ClF3N2O. The van der Waals surface area contributed by atoms with Gasteiger partial charge >= 0.3 is 6.18 Å². The minimum Gasteiger partial charge on any atom is -0.385 e. The highest BCUT2D eigenvalue weighted by atomic mass is 35.5. The van der Waals surface area contributed by atoms with Crippen LogP contribution in [0, 0.1) is 0 Å². The van der Waals surface area contributed by atoms with Crippen LogP contribution < -0.4 is 5.32 Å². The van der Waals surface area contributed by atoms with Gasteiger partial charge in [-0.1, -0.05) is 11.6 Å². The highest BCUT2D eigenvalue weighted by Crippen LogP contribution is 2.25. The van der Waals surface area contributed by atoms with Gasteiger partial charge in [-0.15, -0.1) is 0 Å². The van der Waals surface area contributed by atoms with Crippen molar-refractivity contribution in [1.82, 2.24) is 4.90 Å². The van der Waals surface area contributed by atoms with Crippen molar-refractivity contribution in [3.63, 3.8) is 0 Å². The topological polar surface area (TPSA) is 32.3 Å². The minimum atomic E-state index is -4.45. The van der Waals surface area contributed by atoms with Gasteiger partial charge < -0.3 is 10.2 Å². The van der Waals surface area contributed by atoms with Crippen molar-refractivity contribution in [2.75, 3.05) is 18.4 Å². The summed E-state index contributed by atoms with van der Waals surface area (Å²) in [6.45, 7) is 4.17. The first-order chi connectivity index (χ1) is 9.65. The lowest BCUT2D eigenvalue weighted by molar-refractivity contribution is -0.143. The summed E-state index contributed by atoms with van der Waals surface area (Å²) in [5, 5.41) is 3.26. The first-order valence-electron chi connectivity index (χ1n) is 6.57. The Bertz CT molecular complexity index is 503. The number of benzene rings is 1. The number of carbonyl (C=O) groups excluding carboxylic acids is 1. The van der Waals surface area contributed by atoms with Crippen LogP contribution in [-0.4, -0.2) is 36.1 Å². The number of alkyl halides is 3. The van der Waals surface area contributed by atoms with Gasteiger partial charge in [0, 0.05) is 23.3 Å². The molecule has 0 spiro atoms.